The van der Waals surface area contributed by atoms with Gasteiger partial charge in [-0.1, -0.05) is 6.92 Å². The van der Waals surface area contributed by atoms with E-state index in [2.05, 4.69) is 27.5 Å². The van der Waals surface area contributed by atoms with Crippen LogP contribution in [-0.2, 0) is 0 Å². The Labute approximate surface area is 136 Å². The molecular formula is C17H22N4O2. The van der Waals surface area contributed by atoms with E-state index >= 15 is 0 Å². The van der Waals surface area contributed by atoms with Crippen molar-refractivity contribution in [3.8, 4) is 5.75 Å². The fourth-order valence-electron chi connectivity index (χ4n) is 1.89. The summed E-state index contributed by atoms with van der Waals surface area (Å²) in [5, 5.41) is 5.87. The molecule has 122 valence electrons. The van der Waals surface area contributed by atoms with Gasteiger partial charge in [-0.05, 0) is 50.6 Å². The molecule has 23 heavy (non-hydrogen) atoms. The minimum Gasteiger partial charge on any atom is -0.491 e. The van der Waals surface area contributed by atoms with E-state index in [4.69, 9.17) is 4.74 Å². The van der Waals surface area contributed by atoms with Crippen LogP contribution in [0.15, 0.2) is 36.5 Å². The zero-order valence-corrected chi connectivity index (χ0v) is 13.7. The Morgan fingerprint density at radius 2 is 1.96 bits per heavy atom. The lowest BCUT2D eigenvalue weighted by Crippen LogP contribution is -2.15. The van der Waals surface area contributed by atoms with Crippen LogP contribution in [0.3, 0.4) is 0 Å². The molecule has 0 bridgehead atoms. The van der Waals surface area contributed by atoms with Gasteiger partial charge in [0, 0.05) is 18.4 Å². The highest BCUT2D eigenvalue weighted by atomic mass is 16.5. The van der Waals surface area contributed by atoms with Crippen molar-refractivity contribution < 1.29 is 9.53 Å². The highest BCUT2D eigenvalue weighted by Crippen LogP contribution is 2.17. The van der Waals surface area contributed by atoms with E-state index < -0.39 is 0 Å². The van der Waals surface area contributed by atoms with E-state index in [1.165, 1.54) is 0 Å². The molecule has 0 spiro atoms. The first-order valence-electron chi connectivity index (χ1n) is 7.73. The SMILES string of the molecule is CCCNc1nccc(C(=O)Nc2ccc(OC(C)C)cc2)n1. The molecule has 1 amide bonds. The van der Waals surface area contributed by atoms with Crippen molar-refractivity contribution >= 4 is 17.5 Å². The minimum atomic E-state index is -0.274. The quantitative estimate of drug-likeness (QED) is 0.819. The Morgan fingerprint density at radius 3 is 2.61 bits per heavy atom. The third-order valence-corrected chi connectivity index (χ3v) is 2.91. The van der Waals surface area contributed by atoms with Gasteiger partial charge in [-0.3, -0.25) is 4.79 Å². The first kappa shape index (κ1) is 16.7. The second kappa shape index (κ2) is 8.12. The van der Waals surface area contributed by atoms with E-state index in [1.54, 1.807) is 24.4 Å². The minimum absolute atomic E-state index is 0.116. The molecule has 1 aromatic carbocycles. The largest absolute Gasteiger partial charge is 0.491 e. The Balaban J connectivity index is 2.01. The van der Waals surface area contributed by atoms with Gasteiger partial charge in [-0.15, -0.1) is 0 Å². The summed E-state index contributed by atoms with van der Waals surface area (Å²) in [5.74, 6) is 0.954. The van der Waals surface area contributed by atoms with Gasteiger partial charge >= 0.3 is 0 Å². The fourth-order valence-corrected chi connectivity index (χ4v) is 1.89. The molecule has 0 aliphatic heterocycles. The molecule has 0 saturated heterocycles. The van der Waals surface area contributed by atoms with Gasteiger partial charge in [0.1, 0.15) is 11.4 Å². The van der Waals surface area contributed by atoms with Gasteiger partial charge in [0.15, 0.2) is 0 Å². The Morgan fingerprint density at radius 1 is 1.22 bits per heavy atom. The first-order valence-corrected chi connectivity index (χ1v) is 7.73. The smallest absolute Gasteiger partial charge is 0.274 e. The van der Waals surface area contributed by atoms with Crippen molar-refractivity contribution in [2.75, 3.05) is 17.2 Å². The molecule has 0 fully saturated rings. The van der Waals surface area contributed by atoms with Gasteiger partial charge in [0.25, 0.3) is 5.91 Å². The zero-order chi connectivity index (χ0) is 16.7. The number of carbonyl (C=O) groups excluding carboxylic acids is 1. The number of rotatable bonds is 7. The van der Waals surface area contributed by atoms with E-state index in [0.717, 1.165) is 18.7 Å². The standard InChI is InChI=1S/C17H22N4O2/c1-4-10-18-17-19-11-9-15(21-17)16(22)20-13-5-7-14(8-6-13)23-12(2)3/h5-9,11-12H,4,10H2,1-3H3,(H,20,22)(H,18,19,21). The Bertz CT molecular complexity index is 641. The average molecular weight is 314 g/mol. The van der Waals surface area contributed by atoms with Crippen molar-refractivity contribution in [3.05, 3.63) is 42.2 Å². The number of benzene rings is 1. The number of hydrogen-bond acceptors (Lipinski definition) is 5. The van der Waals surface area contributed by atoms with Crippen LogP contribution in [-0.4, -0.2) is 28.5 Å². The number of nitrogens with zero attached hydrogens (tertiary/aromatic N) is 2. The highest BCUT2D eigenvalue weighted by Gasteiger charge is 2.09. The number of aromatic nitrogens is 2. The molecule has 2 rings (SSSR count). The summed E-state index contributed by atoms with van der Waals surface area (Å²) in [6.07, 6.45) is 2.65. The first-order chi connectivity index (χ1) is 11.1. The summed E-state index contributed by atoms with van der Waals surface area (Å²) < 4.78 is 5.57. The molecule has 0 aliphatic carbocycles. The molecular weight excluding hydrogens is 292 g/mol. The summed E-state index contributed by atoms with van der Waals surface area (Å²) >= 11 is 0. The molecule has 2 N–H and O–H groups in total. The predicted octanol–water partition coefficient (Wildman–Crippen LogP) is 3.34. The lowest BCUT2D eigenvalue weighted by Gasteiger charge is -2.10. The second-order valence-corrected chi connectivity index (χ2v) is 5.34. The van der Waals surface area contributed by atoms with Crippen LogP contribution < -0.4 is 15.4 Å². The summed E-state index contributed by atoms with van der Waals surface area (Å²) in [6.45, 7) is 6.75. The summed E-state index contributed by atoms with van der Waals surface area (Å²) in [7, 11) is 0. The molecule has 1 heterocycles. The van der Waals surface area contributed by atoms with Gasteiger partial charge in [-0.25, -0.2) is 9.97 Å². The van der Waals surface area contributed by atoms with E-state index in [1.807, 2.05) is 26.0 Å². The topological polar surface area (TPSA) is 76.1 Å². The Hall–Kier alpha value is -2.63. The molecule has 0 radical (unpaired) electrons. The van der Waals surface area contributed by atoms with Crippen LogP contribution >= 0.6 is 0 Å². The molecule has 6 nitrogen and oxygen atoms in total. The lowest BCUT2D eigenvalue weighted by atomic mass is 10.3. The summed E-state index contributed by atoms with van der Waals surface area (Å²) in [6, 6.07) is 8.83. The van der Waals surface area contributed by atoms with Crippen LogP contribution in [0.4, 0.5) is 11.6 Å². The van der Waals surface area contributed by atoms with Gasteiger partial charge in [-0.2, -0.15) is 0 Å². The molecule has 0 unspecified atom stereocenters. The third kappa shape index (κ3) is 5.25. The van der Waals surface area contributed by atoms with Crippen LogP contribution in [0.5, 0.6) is 5.75 Å². The van der Waals surface area contributed by atoms with Crippen molar-refractivity contribution in [1.29, 1.82) is 0 Å². The van der Waals surface area contributed by atoms with Crippen LogP contribution in [0.25, 0.3) is 0 Å². The lowest BCUT2D eigenvalue weighted by molar-refractivity contribution is 0.102. The number of hydrogen-bond donors (Lipinski definition) is 2. The number of nitrogens with one attached hydrogen (secondary N) is 2. The predicted molar refractivity (Wildman–Crippen MR) is 91.0 cm³/mol. The second-order valence-electron chi connectivity index (χ2n) is 5.34. The summed E-state index contributed by atoms with van der Waals surface area (Å²) in [5.41, 5.74) is 1.01. The average Bonchev–Trinajstić information content (AvgIpc) is 2.54. The molecule has 6 heteroatoms. The number of amides is 1. The molecule has 1 aromatic heterocycles. The monoisotopic (exact) mass is 314 g/mol. The van der Waals surface area contributed by atoms with Crippen LogP contribution in [0, 0.1) is 0 Å². The maximum atomic E-state index is 12.2. The maximum Gasteiger partial charge on any atom is 0.274 e. The van der Waals surface area contributed by atoms with E-state index in [-0.39, 0.29) is 12.0 Å². The van der Waals surface area contributed by atoms with Crippen LogP contribution in [0.2, 0.25) is 0 Å². The fraction of sp³-hybridized carbons (Fsp3) is 0.353. The number of carbonyl (C=O) groups is 1. The van der Waals surface area contributed by atoms with Crippen molar-refractivity contribution in [2.45, 2.75) is 33.3 Å². The number of ether oxygens (including phenoxy) is 1. The summed E-state index contributed by atoms with van der Waals surface area (Å²) in [4.78, 5) is 20.5. The highest BCUT2D eigenvalue weighted by molar-refractivity contribution is 6.02. The molecule has 0 saturated carbocycles. The molecule has 0 aliphatic rings. The van der Waals surface area contributed by atoms with Crippen molar-refractivity contribution in [2.24, 2.45) is 0 Å². The van der Waals surface area contributed by atoms with Crippen molar-refractivity contribution in [3.63, 3.8) is 0 Å². The van der Waals surface area contributed by atoms with Gasteiger partial charge < -0.3 is 15.4 Å². The molecule has 2 aromatic rings. The van der Waals surface area contributed by atoms with E-state index in [0.29, 0.717) is 17.3 Å². The normalized spacial score (nSPS) is 10.4. The van der Waals surface area contributed by atoms with Crippen molar-refractivity contribution in [1.82, 2.24) is 9.97 Å². The third-order valence-electron chi connectivity index (χ3n) is 2.91. The number of anilines is 2. The Kier molecular flexibility index (Phi) is 5.91. The van der Waals surface area contributed by atoms with Crippen LogP contribution in [0.1, 0.15) is 37.7 Å². The maximum absolute atomic E-state index is 12.2. The van der Waals surface area contributed by atoms with E-state index in [9.17, 15) is 4.79 Å². The zero-order valence-electron chi connectivity index (χ0n) is 13.7. The van der Waals surface area contributed by atoms with Gasteiger partial charge in [0.05, 0.1) is 6.10 Å². The van der Waals surface area contributed by atoms with Gasteiger partial charge in [0.2, 0.25) is 5.95 Å². The molecule has 0 atom stereocenters.